The fourth-order valence-electron chi connectivity index (χ4n) is 5.26. The second-order valence-electron chi connectivity index (χ2n) is 6.74. The van der Waals surface area contributed by atoms with E-state index in [1.165, 1.54) is 45.2 Å². The van der Waals surface area contributed by atoms with E-state index >= 15 is 0 Å². The number of hydrogen-bond acceptors (Lipinski definition) is 2. The number of carbonyl (C=O) groups excluding carboxylic acids is 1. The van der Waals surface area contributed by atoms with E-state index in [4.69, 9.17) is 0 Å². The van der Waals surface area contributed by atoms with Gasteiger partial charge in [0.25, 0.3) is 0 Å². The number of nitrogens with zero attached hydrogens (tertiary/aromatic N) is 2. The summed E-state index contributed by atoms with van der Waals surface area (Å²) in [4.78, 5) is 17.2. The number of hydrogen-bond donors (Lipinski definition) is 0. The summed E-state index contributed by atoms with van der Waals surface area (Å²) in [5.41, 5.74) is 0. The first-order valence-corrected chi connectivity index (χ1v) is 7.88. The van der Waals surface area contributed by atoms with Crippen LogP contribution in [0.5, 0.6) is 0 Å². The highest BCUT2D eigenvalue weighted by Crippen LogP contribution is 2.44. The van der Waals surface area contributed by atoms with Crippen LogP contribution >= 0.6 is 0 Å². The van der Waals surface area contributed by atoms with Crippen LogP contribution in [0.4, 0.5) is 0 Å². The van der Waals surface area contributed by atoms with Crippen LogP contribution in [0.3, 0.4) is 0 Å². The summed E-state index contributed by atoms with van der Waals surface area (Å²) in [5, 5.41) is 0. The molecule has 0 radical (unpaired) electrons. The van der Waals surface area contributed by atoms with Gasteiger partial charge in [-0.15, -0.1) is 0 Å². The van der Waals surface area contributed by atoms with E-state index in [1.807, 2.05) is 0 Å². The average Bonchev–Trinajstić information content (AvgIpc) is 2.41. The Morgan fingerprint density at radius 1 is 1.00 bits per heavy atom. The van der Waals surface area contributed by atoms with Gasteiger partial charge in [0, 0.05) is 25.0 Å². The molecule has 0 aromatic rings. The van der Waals surface area contributed by atoms with Gasteiger partial charge in [0.1, 0.15) is 0 Å². The Morgan fingerprint density at radius 3 is 2.72 bits per heavy atom. The molecule has 4 heterocycles. The first-order chi connectivity index (χ1) is 8.84. The summed E-state index contributed by atoms with van der Waals surface area (Å²) in [5.74, 6) is 2.02. The molecule has 1 amide bonds. The van der Waals surface area contributed by atoms with Crippen molar-refractivity contribution in [2.75, 3.05) is 19.6 Å². The number of rotatable bonds is 0. The SMILES string of the molecule is O=C1CCC[C@H]2[C@H]3CCCN4CCC[C@H](CN12)[C@H]34. The highest BCUT2D eigenvalue weighted by Gasteiger charge is 2.50. The summed E-state index contributed by atoms with van der Waals surface area (Å²) in [6, 6.07) is 1.41. The third-order valence-electron chi connectivity index (χ3n) is 5.88. The quantitative estimate of drug-likeness (QED) is 0.653. The lowest BCUT2D eigenvalue weighted by Crippen LogP contribution is -2.66. The summed E-state index contributed by atoms with van der Waals surface area (Å²) in [6.45, 7) is 3.71. The third-order valence-corrected chi connectivity index (χ3v) is 5.88. The molecule has 0 unspecified atom stereocenters. The minimum atomic E-state index is 0.451. The highest BCUT2D eigenvalue weighted by atomic mass is 16.2. The van der Waals surface area contributed by atoms with Crippen LogP contribution in [0.25, 0.3) is 0 Å². The van der Waals surface area contributed by atoms with Crippen LogP contribution in [0.15, 0.2) is 0 Å². The van der Waals surface area contributed by atoms with Crippen LogP contribution in [0.2, 0.25) is 0 Å². The van der Waals surface area contributed by atoms with Crippen molar-refractivity contribution < 1.29 is 4.79 Å². The zero-order chi connectivity index (χ0) is 12.1. The molecule has 3 nitrogen and oxygen atoms in total. The van der Waals surface area contributed by atoms with Gasteiger partial charge in [-0.3, -0.25) is 9.69 Å². The fraction of sp³-hybridized carbons (Fsp3) is 0.933. The Morgan fingerprint density at radius 2 is 1.83 bits per heavy atom. The van der Waals surface area contributed by atoms with E-state index in [1.54, 1.807) is 0 Å². The van der Waals surface area contributed by atoms with Crippen LogP contribution < -0.4 is 0 Å². The maximum atomic E-state index is 12.2. The largest absolute Gasteiger partial charge is 0.339 e. The summed E-state index contributed by atoms with van der Waals surface area (Å²) in [7, 11) is 0. The van der Waals surface area contributed by atoms with E-state index in [-0.39, 0.29) is 0 Å². The zero-order valence-electron chi connectivity index (χ0n) is 11.2. The van der Waals surface area contributed by atoms with Gasteiger partial charge in [-0.1, -0.05) is 0 Å². The molecule has 4 fully saturated rings. The minimum absolute atomic E-state index is 0.451. The lowest BCUT2D eigenvalue weighted by Gasteiger charge is -2.58. The van der Waals surface area contributed by atoms with E-state index < -0.39 is 0 Å². The van der Waals surface area contributed by atoms with E-state index in [0.29, 0.717) is 11.9 Å². The summed E-state index contributed by atoms with van der Waals surface area (Å²) < 4.78 is 0. The molecule has 100 valence electrons. The van der Waals surface area contributed by atoms with E-state index in [2.05, 4.69) is 9.80 Å². The Kier molecular flexibility index (Phi) is 2.65. The van der Waals surface area contributed by atoms with Crippen LogP contribution in [-0.4, -0.2) is 47.4 Å². The van der Waals surface area contributed by atoms with Crippen molar-refractivity contribution in [3.8, 4) is 0 Å². The van der Waals surface area contributed by atoms with Crippen molar-refractivity contribution in [2.45, 2.75) is 57.0 Å². The molecule has 0 spiro atoms. The van der Waals surface area contributed by atoms with Crippen molar-refractivity contribution in [2.24, 2.45) is 11.8 Å². The lowest BCUT2D eigenvalue weighted by atomic mass is 9.68. The first-order valence-electron chi connectivity index (χ1n) is 7.88. The van der Waals surface area contributed by atoms with Crippen molar-refractivity contribution in [1.82, 2.24) is 9.80 Å². The van der Waals surface area contributed by atoms with Gasteiger partial charge in [-0.05, 0) is 63.5 Å². The van der Waals surface area contributed by atoms with Crippen molar-refractivity contribution in [3.05, 3.63) is 0 Å². The number of carbonyl (C=O) groups is 1. The second-order valence-corrected chi connectivity index (χ2v) is 6.74. The van der Waals surface area contributed by atoms with Crippen molar-refractivity contribution in [3.63, 3.8) is 0 Å². The predicted octanol–water partition coefficient (Wildman–Crippen LogP) is 1.87. The molecule has 4 atom stereocenters. The van der Waals surface area contributed by atoms with Gasteiger partial charge in [0.15, 0.2) is 0 Å². The van der Waals surface area contributed by atoms with Gasteiger partial charge in [0.2, 0.25) is 5.91 Å². The van der Waals surface area contributed by atoms with Crippen molar-refractivity contribution in [1.29, 1.82) is 0 Å². The molecule has 0 saturated carbocycles. The molecule has 4 rings (SSSR count). The van der Waals surface area contributed by atoms with Crippen LogP contribution in [0.1, 0.15) is 44.9 Å². The van der Waals surface area contributed by atoms with Gasteiger partial charge in [0.05, 0.1) is 0 Å². The number of fused-ring (bicyclic) bond motifs is 2. The molecule has 3 heteroatoms. The number of piperidine rings is 4. The monoisotopic (exact) mass is 248 g/mol. The zero-order valence-corrected chi connectivity index (χ0v) is 11.2. The normalized spacial score (nSPS) is 44.4. The van der Waals surface area contributed by atoms with E-state index in [0.717, 1.165) is 37.3 Å². The smallest absolute Gasteiger partial charge is 0.222 e. The minimum Gasteiger partial charge on any atom is -0.339 e. The molecule has 0 aliphatic carbocycles. The molecular formula is C15H24N2O. The lowest BCUT2D eigenvalue weighted by molar-refractivity contribution is -0.150. The van der Waals surface area contributed by atoms with Gasteiger partial charge in [-0.2, -0.15) is 0 Å². The molecular weight excluding hydrogens is 224 g/mol. The Hall–Kier alpha value is -0.570. The van der Waals surface area contributed by atoms with Gasteiger partial charge >= 0.3 is 0 Å². The predicted molar refractivity (Wildman–Crippen MR) is 70.2 cm³/mol. The Bertz CT molecular complexity index is 354. The topological polar surface area (TPSA) is 23.6 Å². The van der Waals surface area contributed by atoms with Gasteiger partial charge < -0.3 is 4.90 Å². The third kappa shape index (κ3) is 1.56. The maximum absolute atomic E-state index is 12.2. The Labute approximate surface area is 110 Å². The Balaban J connectivity index is 1.66. The van der Waals surface area contributed by atoms with E-state index in [9.17, 15) is 4.79 Å². The van der Waals surface area contributed by atoms with Crippen LogP contribution in [-0.2, 0) is 4.79 Å². The molecule has 4 saturated heterocycles. The molecule has 0 N–H and O–H groups in total. The summed E-state index contributed by atoms with van der Waals surface area (Å²) >= 11 is 0. The molecule has 0 aromatic carbocycles. The molecule has 0 bridgehead atoms. The molecule has 4 aliphatic rings. The first kappa shape index (κ1) is 11.3. The average molecular weight is 248 g/mol. The number of amides is 1. The van der Waals surface area contributed by atoms with Gasteiger partial charge in [-0.25, -0.2) is 0 Å². The fourth-order valence-corrected chi connectivity index (χ4v) is 5.26. The second kappa shape index (κ2) is 4.22. The molecule has 0 aromatic heterocycles. The maximum Gasteiger partial charge on any atom is 0.222 e. The molecule has 4 aliphatic heterocycles. The standard InChI is InChI=1S/C15H24N2O/c18-14-7-1-6-13-12-5-3-9-16-8-2-4-11(15(12)16)10-17(13)14/h11-13,15H,1-10H2/t11-,12-,13+,15-/m1/s1. The van der Waals surface area contributed by atoms with Crippen LogP contribution in [0, 0.1) is 11.8 Å². The van der Waals surface area contributed by atoms with Crippen molar-refractivity contribution >= 4 is 5.91 Å². The highest BCUT2D eigenvalue weighted by molar-refractivity contribution is 5.77. The summed E-state index contributed by atoms with van der Waals surface area (Å²) in [6.07, 6.45) is 8.64. The molecule has 18 heavy (non-hydrogen) atoms.